The first kappa shape index (κ1) is 11.1. The second-order valence-electron chi connectivity index (χ2n) is 5.86. The molecule has 1 aromatic rings. The fourth-order valence-electron chi connectivity index (χ4n) is 3.03. The van der Waals surface area contributed by atoms with Gasteiger partial charge in [-0.25, -0.2) is 0 Å². The molecule has 2 aliphatic carbocycles. The molecule has 1 aliphatic heterocycles. The van der Waals surface area contributed by atoms with Crippen LogP contribution in [0.15, 0.2) is 12.1 Å². The van der Waals surface area contributed by atoms with Crippen LogP contribution in [-0.2, 0) is 5.41 Å². The first-order chi connectivity index (χ1) is 9.22. The highest BCUT2D eigenvalue weighted by molar-refractivity contribution is 5.61. The molecule has 1 N–H and O–H groups in total. The molecule has 2 saturated carbocycles. The van der Waals surface area contributed by atoms with Gasteiger partial charge in [-0.1, -0.05) is 0 Å². The van der Waals surface area contributed by atoms with Crippen molar-refractivity contribution in [1.29, 1.82) is 5.26 Å². The minimum atomic E-state index is -0.251. The normalized spacial score (nSPS) is 29.1. The van der Waals surface area contributed by atoms with Crippen molar-refractivity contribution < 1.29 is 14.6 Å². The molecule has 0 amide bonds. The van der Waals surface area contributed by atoms with Crippen molar-refractivity contribution in [2.45, 2.75) is 43.3 Å². The van der Waals surface area contributed by atoms with Crippen LogP contribution in [0.25, 0.3) is 0 Å². The van der Waals surface area contributed by atoms with Gasteiger partial charge in [0.25, 0.3) is 0 Å². The molecule has 0 aromatic heterocycles. The van der Waals surface area contributed by atoms with Crippen LogP contribution in [0.5, 0.6) is 11.5 Å². The predicted octanol–water partition coefficient (Wildman–Crippen LogP) is 1.88. The van der Waals surface area contributed by atoms with Crippen LogP contribution in [0.1, 0.15) is 36.8 Å². The van der Waals surface area contributed by atoms with Crippen LogP contribution in [0, 0.1) is 11.3 Å². The Balaban J connectivity index is 1.75. The van der Waals surface area contributed by atoms with E-state index in [0.29, 0.717) is 30.8 Å². The van der Waals surface area contributed by atoms with Gasteiger partial charge in [-0.3, -0.25) is 0 Å². The lowest BCUT2D eigenvalue weighted by molar-refractivity contribution is -0.0114. The minimum Gasteiger partial charge on any atom is -0.492 e. The molecule has 4 nitrogen and oxygen atoms in total. The third-order valence-corrected chi connectivity index (χ3v) is 4.48. The fraction of sp³-hybridized carbons (Fsp3) is 0.533. The summed E-state index contributed by atoms with van der Waals surface area (Å²) in [6.45, 7) is 0.709. The molecule has 3 aliphatic rings. The van der Waals surface area contributed by atoms with Crippen molar-refractivity contribution in [2.24, 2.45) is 0 Å². The van der Waals surface area contributed by atoms with Crippen molar-refractivity contribution in [3.05, 3.63) is 23.3 Å². The Morgan fingerprint density at radius 2 is 2.16 bits per heavy atom. The highest BCUT2D eigenvalue weighted by Gasteiger charge is 2.53. The molecule has 1 aromatic carbocycles. The molecule has 0 radical (unpaired) electrons. The Morgan fingerprint density at radius 1 is 1.37 bits per heavy atom. The van der Waals surface area contributed by atoms with Crippen LogP contribution in [0.2, 0.25) is 0 Å². The van der Waals surface area contributed by atoms with E-state index in [4.69, 9.17) is 9.47 Å². The maximum Gasteiger partial charge on any atom is 0.145 e. The molecular weight excluding hydrogens is 242 g/mol. The second kappa shape index (κ2) is 3.64. The van der Waals surface area contributed by atoms with Crippen LogP contribution < -0.4 is 9.47 Å². The Hall–Kier alpha value is -1.73. The minimum absolute atomic E-state index is 0.0324. The average molecular weight is 257 g/mol. The molecule has 0 unspecified atom stereocenters. The smallest absolute Gasteiger partial charge is 0.145 e. The van der Waals surface area contributed by atoms with Crippen LogP contribution in [-0.4, -0.2) is 23.9 Å². The summed E-state index contributed by atoms with van der Waals surface area (Å²) in [5.74, 6) is 1.57. The van der Waals surface area contributed by atoms with Crippen molar-refractivity contribution in [3.8, 4) is 17.6 Å². The highest BCUT2D eigenvalue weighted by atomic mass is 16.5. The molecule has 4 rings (SSSR count). The van der Waals surface area contributed by atoms with Crippen molar-refractivity contribution >= 4 is 0 Å². The van der Waals surface area contributed by atoms with Gasteiger partial charge in [-0.15, -0.1) is 0 Å². The Bertz CT molecular complexity index is 580. The number of rotatable bonds is 2. The van der Waals surface area contributed by atoms with Gasteiger partial charge in [-0.2, -0.15) is 5.26 Å². The Kier molecular flexibility index (Phi) is 2.13. The number of hydrogen-bond acceptors (Lipinski definition) is 4. The van der Waals surface area contributed by atoms with E-state index in [1.54, 1.807) is 6.07 Å². The summed E-state index contributed by atoms with van der Waals surface area (Å²) >= 11 is 0. The lowest BCUT2D eigenvalue weighted by atomic mass is 9.91. The zero-order chi connectivity index (χ0) is 13.0. The van der Waals surface area contributed by atoms with Crippen LogP contribution >= 0.6 is 0 Å². The fourth-order valence-corrected chi connectivity index (χ4v) is 3.03. The predicted molar refractivity (Wildman–Crippen MR) is 67.2 cm³/mol. The van der Waals surface area contributed by atoms with E-state index in [-0.39, 0.29) is 17.6 Å². The van der Waals surface area contributed by atoms with Gasteiger partial charge in [-0.05, 0) is 25.0 Å². The molecule has 1 spiro atoms. The average Bonchev–Trinajstić information content (AvgIpc) is 3.05. The van der Waals surface area contributed by atoms with Crippen LogP contribution in [0.3, 0.4) is 0 Å². The number of hydrogen-bond donors (Lipinski definition) is 1. The molecule has 98 valence electrons. The van der Waals surface area contributed by atoms with E-state index in [0.717, 1.165) is 24.2 Å². The van der Waals surface area contributed by atoms with E-state index < -0.39 is 0 Å². The van der Waals surface area contributed by atoms with Gasteiger partial charge in [0.15, 0.2) is 0 Å². The number of aliphatic hydroxyl groups is 1. The van der Waals surface area contributed by atoms with E-state index in [1.165, 1.54) is 0 Å². The summed E-state index contributed by atoms with van der Waals surface area (Å²) in [4.78, 5) is 0. The van der Waals surface area contributed by atoms with Crippen LogP contribution in [0.4, 0.5) is 0 Å². The largest absolute Gasteiger partial charge is 0.492 e. The third kappa shape index (κ3) is 1.55. The topological polar surface area (TPSA) is 62.5 Å². The van der Waals surface area contributed by atoms with Crippen molar-refractivity contribution in [2.75, 3.05) is 6.61 Å². The lowest BCUT2D eigenvalue weighted by Gasteiger charge is -2.32. The van der Waals surface area contributed by atoms with Gasteiger partial charge in [0.05, 0.1) is 18.3 Å². The standard InChI is InChI=1S/C15H15NO3/c16-7-9-1-2-12-13(15(3-4-15)8-18-12)14(9)19-11-5-10(17)6-11/h1-2,10-11,17H,3-6,8H2/t10-,11-. The zero-order valence-corrected chi connectivity index (χ0v) is 10.6. The van der Waals surface area contributed by atoms with Gasteiger partial charge in [0.1, 0.15) is 23.7 Å². The molecule has 0 bridgehead atoms. The maximum absolute atomic E-state index is 9.36. The number of ether oxygens (including phenoxy) is 2. The number of aliphatic hydroxyl groups excluding tert-OH is 1. The van der Waals surface area contributed by atoms with E-state index in [1.807, 2.05) is 6.07 Å². The SMILES string of the molecule is N#Cc1ccc2c(c1O[C@H]1C[C@H](O)C1)C1(CC1)CO2. The Labute approximate surface area is 111 Å². The van der Waals surface area contributed by atoms with E-state index >= 15 is 0 Å². The van der Waals surface area contributed by atoms with Gasteiger partial charge in [0, 0.05) is 23.8 Å². The Morgan fingerprint density at radius 3 is 2.79 bits per heavy atom. The molecule has 0 atom stereocenters. The van der Waals surface area contributed by atoms with Gasteiger partial charge in [0.2, 0.25) is 0 Å². The van der Waals surface area contributed by atoms with E-state index in [9.17, 15) is 10.4 Å². The summed E-state index contributed by atoms with van der Waals surface area (Å²) < 4.78 is 11.7. The number of benzene rings is 1. The quantitative estimate of drug-likeness (QED) is 0.878. The van der Waals surface area contributed by atoms with Crippen molar-refractivity contribution in [3.63, 3.8) is 0 Å². The summed E-state index contributed by atoms with van der Waals surface area (Å²) in [6, 6.07) is 5.86. The monoisotopic (exact) mass is 257 g/mol. The molecule has 19 heavy (non-hydrogen) atoms. The number of fused-ring (bicyclic) bond motifs is 2. The molecular formula is C15H15NO3. The molecule has 0 saturated heterocycles. The lowest BCUT2D eigenvalue weighted by Crippen LogP contribution is -2.38. The molecule has 4 heteroatoms. The first-order valence-electron chi connectivity index (χ1n) is 6.77. The first-order valence-corrected chi connectivity index (χ1v) is 6.77. The zero-order valence-electron chi connectivity index (χ0n) is 10.6. The summed E-state index contributed by atoms with van der Waals surface area (Å²) in [5, 5.41) is 18.6. The molecule has 2 fully saturated rings. The summed E-state index contributed by atoms with van der Waals surface area (Å²) in [5.41, 5.74) is 1.77. The number of nitriles is 1. The number of nitrogens with zero attached hydrogens (tertiary/aromatic N) is 1. The third-order valence-electron chi connectivity index (χ3n) is 4.48. The van der Waals surface area contributed by atoms with Crippen molar-refractivity contribution in [1.82, 2.24) is 0 Å². The maximum atomic E-state index is 9.36. The summed E-state index contributed by atoms with van der Waals surface area (Å²) in [7, 11) is 0. The highest BCUT2D eigenvalue weighted by Crippen LogP contribution is 2.59. The second-order valence-corrected chi connectivity index (χ2v) is 5.86. The van der Waals surface area contributed by atoms with Gasteiger partial charge < -0.3 is 14.6 Å². The van der Waals surface area contributed by atoms with Gasteiger partial charge >= 0.3 is 0 Å². The van der Waals surface area contributed by atoms with E-state index in [2.05, 4.69) is 6.07 Å². The summed E-state index contributed by atoms with van der Waals surface area (Å²) in [6.07, 6.45) is 3.31. The molecule has 1 heterocycles.